The summed E-state index contributed by atoms with van der Waals surface area (Å²) in [6.45, 7) is 1.49. The molecule has 4 nitrogen and oxygen atoms in total. The predicted molar refractivity (Wildman–Crippen MR) is 69.5 cm³/mol. The van der Waals surface area contributed by atoms with Gasteiger partial charge < -0.3 is 15.0 Å². The van der Waals surface area contributed by atoms with E-state index in [0.29, 0.717) is 6.54 Å². The minimum Gasteiger partial charge on any atom is -0.488 e. The van der Waals surface area contributed by atoms with E-state index in [9.17, 15) is 0 Å². The van der Waals surface area contributed by atoms with Crippen molar-refractivity contribution < 1.29 is 4.74 Å². The lowest BCUT2D eigenvalue weighted by Crippen LogP contribution is -2.22. The fourth-order valence-corrected chi connectivity index (χ4v) is 2.44. The first-order chi connectivity index (χ1) is 8.86. The van der Waals surface area contributed by atoms with Crippen LogP contribution in [0.25, 0.3) is 0 Å². The number of rotatable bonds is 4. The zero-order valence-corrected chi connectivity index (χ0v) is 10.2. The standard InChI is InChI=1S/C14H17N3O/c15-6-5-12-8-16-10-17(12)9-13-7-11-3-1-2-4-14(11)18-13/h1-4,8,10,13H,5-7,9,15H2. The molecule has 1 aromatic heterocycles. The number of nitrogens with two attached hydrogens (primary N) is 1. The maximum absolute atomic E-state index is 5.93. The molecule has 1 atom stereocenters. The highest BCUT2D eigenvalue weighted by molar-refractivity contribution is 5.37. The Labute approximate surface area is 106 Å². The quantitative estimate of drug-likeness (QED) is 0.882. The van der Waals surface area contributed by atoms with Gasteiger partial charge in [-0.2, -0.15) is 0 Å². The van der Waals surface area contributed by atoms with E-state index in [0.717, 1.165) is 25.1 Å². The van der Waals surface area contributed by atoms with Crippen LogP contribution >= 0.6 is 0 Å². The number of benzene rings is 1. The second-order valence-electron chi connectivity index (χ2n) is 4.63. The van der Waals surface area contributed by atoms with Gasteiger partial charge in [0, 0.05) is 24.7 Å². The average Bonchev–Trinajstić information content (AvgIpc) is 2.97. The molecule has 94 valence electrons. The van der Waals surface area contributed by atoms with Crippen molar-refractivity contribution in [2.45, 2.75) is 25.5 Å². The van der Waals surface area contributed by atoms with Crippen LogP contribution < -0.4 is 10.5 Å². The molecule has 1 aromatic carbocycles. The van der Waals surface area contributed by atoms with Crippen molar-refractivity contribution in [3.05, 3.63) is 48.0 Å². The molecule has 0 bridgehead atoms. The Morgan fingerprint density at radius 2 is 2.28 bits per heavy atom. The van der Waals surface area contributed by atoms with Gasteiger partial charge in [-0.05, 0) is 18.2 Å². The molecule has 2 heterocycles. The third kappa shape index (κ3) is 2.11. The molecule has 3 rings (SSSR count). The molecule has 1 aliphatic heterocycles. The smallest absolute Gasteiger partial charge is 0.123 e. The highest BCUT2D eigenvalue weighted by Gasteiger charge is 2.22. The highest BCUT2D eigenvalue weighted by atomic mass is 16.5. The Bertz CT molecular complexity index is 510. The van der Waals surface area contributed by atoms with E-state index in [1.165, 1.54) is 11.3 Å². The predicted octanol–water partition coefficient (Wildman–Crippen LogP) is 1.39. The molecule has 0 fully saturated rings. The summed E-state index contributed by atoms with van der Waals surface area (Å²) < 4.78 is 8.08. The number of fused-ring (bicyclic) bond motifs is 1. The zero-order chi connectivity index (χ0) is 12.4. The molecule has 0 radical (unpaired) electrons. The van der Waals surface area contributed by atoms with Crippen LogP contribution in [-0.2, 0) is 19.4 Å². The summed E-state index contributed by atoms with van der Waals surface area (Å²) >= 11 is 0. The average molecular weight is 243 g/mol. The Morgan fingerprint density at radius 1 is 1.39 bits per heavy atom. The number of imidazole rings is 1. The van der Waals surface area contributed by atoms with Gasteiger partial charge in [0.2, 0.25) is 0 Å². The van der Waals surface area contributed by atoms with E-state index in [-0.39, 0.29) is 6.10 Å². The van der Waals surface area contributed by atoms with Crippen LogP contribution in [0.2, 0.25) is 0 Å². The first-order valence-electron chi connectivity index (χ1n) is 6.30. The minimum absolute atomic E-state index is 0.202. The van der Waals surface area contributed by atoms with Crippen molar-refractivity contribution in [2.24, 2.45) is 5.73 Å². The molecule has 1 aliphatic rings. The van der Waals surface area contributed by atoms with Gasteiger partial charge in [0.1, 0.15) is 11.9 Å². The minimum atomic E-state index is 0.202. The molecule has 2 N–H and O–H groups in total. The normalized spacial score (nSPS) is 17.5. The third-order valence-corrected chi connectivity index (χ3v) is 3.31. The van der Waals surface area contributed by atoms with Crippen molar-refractivity contribution in [3.63, 3.8) is 0 Å². The SMILES string of the molecule is NCCc1cncn1CC1Cc2ccccc2O1. The fraction of sp³-hybridized carbons (Fsp3) is 0.357. The van der Waals surface area contributed by atoms with E-state index in [2.05, 4.69) is 21.7 Å². The second kappa shape index (κ2) is 4.82. The third-order valence-electron chi connectivity index (χ3n) is 3.31. The molecule has 0 saturated carbocycles. The number of ether oxygens (including phenoxy) is 1. The topological polar surface area (TPSA) is 53.1 Å². The maximum Gasteiger partial charge on any atom is 0.123 e. The van der Waals surface area contributed by atoms with Crippen molar-refractivity contribution in [2.75, 3.05) is 6.54 Å². The number of hydrogen-bond acceptors (Lipinski definition) is 3. The van der Waals surface area contributed by atoms with E-state index in [4.69, 9.17) is 10.5 Å². The zero-order valence-electron chi connectivity index (χ0n) is 10.2. The molecular weight excluding hydrogens is 226 g/mol. The Kier molecular flexibility index (Phi) is 3.02. The molecule has 0 amide bonds. The van der Waals surface area contributed by atoms with Crippen molar-refractivity contribution in [1.29, 1.82) is 0 Å². The lowest BCUT2D eigenvalue weighted by Gasteiger charge is -2.13. The van der Waals surface area contributed by atoms with Crippen molar-refractivity contribution >= 4 is 0 Å². The van der Waals surface area contributed by atoms with Gasteiger partial charge in [0.05, 0.1) is 12.9 Å². The molecule has 0 aliphatic carbocycles. The number of aromatic nitrogens is 2. The molecule has 0 saturated heterocycles. The molecule has 2 aromatic rings. The van der Waals surface area contributed by atoms with Crippen LogP contribution in [0, 0.1) is 0 Å². The second-order valence-corrected chi connectivity index (χ2v) is 4.63. The van der Waals surface area contributed by atoms with E-state index < -0.39 is 0 Å². The lowest BCUT2D eigenvalue weighted by molar-refractivity contribution is 0.208. The van der Waals surface area contributed by atoms with E-state index in [1.54, 1.807) is 0 Å². The van der Waals surface area contributed by atoms with E-state index in [1.807, 2.05) is 24.7 Å². The Hall–Kier alpha value is -1.81. The molecule has 0 spiro atoms. The first-order valence-corrected chi connectivity index (χ1v) is 6.30. The van der Waals surface area contributed by atoms with Gasteiger partial charge in [0.25, 0.3) is 0 Å². The molecule has 18 heavy (non-hydrogen) atoms. The van der Waals surface area contributed by atoms with Crippen LogP contribution in [0.3, 0.4) is 0 Å². The summed E-state index contributed by atoms with van der Waals surface area (Å²) in [5, 5.41) is 0. The molecule has 1 unspecified atom stereocenters. The van der Waals surface area contributed by atoms with Gasteiger partial charge in [-0.15, -0.1) is 0 Å². The monoisotopic (exact) mass is 243 g/mol. The summed E-state index contributed by atoms with van der Waals surface area (Å²) in [6, 6.07) is 8.23. The molecule has 4 heteroatoms. The Balaban J connectivity index is 1.70. The van der Waals surface area contributed by atoms with Gasteiger partial charge in [-0.25, -0.2) is 4.98 Å². The summed E-state index contributed by atoms with van der Waals surface area (Å²) in [5.41, 5.74) is 8.07. The van der Waals surface area contributed by atoms with Crippen LogP contribution in [0.1, 0.15) is 11.3 Å². The highest BCUT2D eigenvalue weighted by Crippen LogP contribution is 2.28. The lowest BCUT2D eigenvalue weighted by atomic mass is 10.1. The van der Waals surface area contributed by atoms with Gasteiger partial charge in [0.15, 0.2) is 0 Å². The van der Waals surface area contributed by atoms with Crippen molar-refractivity contribution in [1.82, 2.24) is 9.55 Å². The van der Waals surface area contributed by atoms with Crippen LogP contribution in [0.4, 0.5) is 0 Å². The number of hydrogen-bond donors (Lipinski definition) is 1. The van der Waals surface area contributed by atoms with Crippen LogP contribution in [0.5, 0.6) is 5.75 Å². The van der Waals surface area contributed by atoms with Crippen molar-refractivity contribution in [3.8, 4) is 5.75 Å². The first kappa shape index (κ1) is 11.3. The fourth-order valence-electron chi connectivity index (χ4n) is 2.44. The van der Waals surface area contributed by atoms with E-state index >= 15 is 0 Å². The van der Waals surface area contributed by atoms with Crippen LogP contribution in [0.15, 0.2) is 36.8 Å². The van der Waals surface area contributed by atoms with Gasteiger partial charge in [-0.3, -0.25) is 0 Å². The van der Waals surface area contributed by atoms with Gasteiger partial charge >= 0.3 is 0 Å². The largest absolute Gasteiger partial charge is 0.488 e. The van der Waals surface area contributed by atoms with Crippen LogP contribution in [-0.4, -0.2) is 22.2 Å². The molecular formula is C14H17N3O. The number of nitrogens with zero attached hydrogens (tertiary/aromatic N) is 2. The summed E-state index contributed by atoms with van der Waals surface area (Å²) in [4.78, 5) is 4.18. The summed E-state index contributed by atoms with van der Waals surface area (Å²) in [6.07, 6.45) is 5.77. The maximum atomic E-state index is 5.93. The summed E-state index contributed by atoms with van der Waals surface area (Å²) in [7, 11) is 0. The van der Waals surface area contributed by atoms with Gasteiger partial charge in [-0.1, -0.05) is 18.2 Å². The Morgan fingerprint density at radius 3 is 3.11 bits per heavy atom. The summed E-state index contributed by atoms with van der Waals surface area (Å²) in [5.74, 6) is 1.02. The number of para-hydroxylation sites is 1.